The molecular formula is C24H21N3O4. The molecule has 7 nitrogen and oxygen atoms in total. The van der Waals surface area contributed by atoms with E-state index >= 15 is 0 Å². The molecule has 0 heterocycles. The number of rotatable bonds is 8. The second-order valence-electron chi connectivity index (χ2n) is 6.77. The maximum atomic E-state index is 9.18. The van der Waals surface area contributed by atoms with Crippen molar-refractivity contribution in [1.82, 2.24) is 0 Å². The van der Waals surface area contributed by atoms with Crippen molar-refractivity contribution >= 4 is 27.2 Å². The molecule has 0 bridgehead atoms. The molecule has 31 heavy (non-hydrogen) atoms. The van der Waals surface area contributed by atoms with E-state index in [9.17, 15) is 5.53 Å². The van der Waals surface area contributed by atoms with Gasteiger partial charge < -0.3 is 18.9 Å². The molecule has 0 spiro atoms. The van der Waals surface area contributed by atoms with Crippen LogP contribution in [0, 0.1) is 0 Å². The first-order valence-corrected chi connectivity index (χ1v) is 9.65. The van der Waals surface area contributed by atoms with Gasteiger partial charge in [-0.25, -0.2) is 0 Å². The van der Waals surface area contributed by atoms with Gasteiger partial charge >= 0.3 is 0 Å². The highest BCUT2D eigenvalue weighted by atomic mass is 16.7. The summed E-state index contributed by atoms with van der Waals surface area (Å²) in [6, 6.07) is 21.6. The number of methoxy groups -OCH3 is 2. The van der Waals surface area contributed by atoms with E-state index in [4.69, 9.17) is 18.9 Å². The fourth-order valence-electron chi connectivity index (χ4n) is 3.70. The molecule has 0 radical (unpaired) electrons. The van der Waals surface area contributed by atoms with E-state index in [-0.39, 0.29) is 13.6 Å². The van der Waals surface area contributed by atoms with Crippen LogP contribution in [0.4, 0.5) is 5.69 Å². The average Bonchev–Trinajstić information content (AvgIpc) is 2.81. The van der Waals surface area contributed by atoms with Crippen LogP contribution in [0.25, 0.3) is 43.1 Å². The van der Waals surface area contributed by atoms with Crippen molar-refractivity contribution in [3.8, 4) is 22.6 Å². The van der Waals surface area contributed by atoms with E-state index in [0.717, 1.165) is 32.7 Å². The lowest BCUT2D eigenvalue weighted by molar-refractivity contribution is 0.0504. The SMILES string of the molecule is COCOc1ccc2ccccc2c1-c1c(OCOC)c(N=[N+]=[N-])cc2ccccc12. The number of hydrogen-bond donors (Lipinski definition) is 0. The van der Waals surface area contributed by atoms with Crippen molar-refractivity contribution in [2.24, 2.45) is 5.11 Å². The summed E-state index contributed by atoms with van der Waals surface area (Å²) in [7, 11) is 3.12. The Morgan fingerprint density at radius 1 is 0.774 bits per heavy atom. The Morgan fingerprint density at radius 2 is 1.42 bits per heavy atom. The van der Waals surface area contributed by atoms with Crippen LogP contribution in [-0.2, 0) is 9.47 Å². The van der Waals surface area contributed by atoms with Gasteiger partial charge in [0.2, 0.25) is 0 Å². The second kappa shape index (κ2) is 9.36. The zero-order chi connectivity index (χ0) is 21.6. The predicted molar refractivity (Wildman–Crippen MR) is 121 cm³/mol. The molecule has 156 valence electrons. The number of ether oxygens (including phenoxy) is 4. The molecule has 0 aliphatic carbocycles. The summed E-state index contributed by atoms with van der Waals surface area (Å²) in [5.41, 5.74) is 11.1. The molecule has 4 aromatic carbocycles. The molecular weight excluding hydrogens is 394 g/mol. The third kappa shape index (κ3) is 3.98. The topological polar surface area (TPSA) is 85.7 Å². The molecule has 0 unspecified atom stereocenters. The molecule has 0 atom stereocenters. The largest absolute Gasteiger partial charge is 0.467 e. The minimum absolute atomic E-state index is 0.00167. The summed E-state index contributed by atoms with van der Waals surface area (Å²) >= 11 is 0. The first kappa shape index (κ1) is 20.5. The smallest absolute Gasteiger partial charge is 0.188 e. The molecule has 0 saturated carbocycles. The monoisotopic (exact) mass is 415 g/mol. The molecule has 0 N–H and O–H groups in total. The first-order valence-electron chi connectivity index (χ1n) is 9.65. The Kier molecular flexibility index (Phi) is 6.19. The van der Waals surface area contributed by atoms with E-state index in [1.54, 1.807) is 14.2 Å². The lowest BCUT2D eigenvalue weighted by atomic mass is 9.91. The summed E-state index contributed by atoms with van der Waals surface area (Å²) in [6.45, 7) is 0.0892. The van der Waals surface area contributed by atoms with Gasteiger partial charge in [0, 0.05) is 30.3 Å². The Balaban J connectivity index is 2.16. The Hall–Kier alpha value is -3.77. The number of fused-ring (bicyclic) bond motifs is 2. The fourth-order valence-corrected chi connectivity index (χ4v) is 3.70. The van der Waals surface area contributed by atoms with Crippen LogP contribution in [0.15, 0.2) is 71.8 Å². The molecule has 0 aliphatic heterocycles. The normalized spacial score (nSPS) is 10.8. The average molecular weight is 415 g/mol. The van der Waals surface area contributed by atoms with Crippen molar-refractivity contribution in [2.75, 3.05) is 27.8 Å². The van der Waals surface area contributed by atoms with Gasteiger partial charge in [0.25, 0.3) is 0 Å². The minimum Gasteiger partial charge on any atom is -0.467 e. The first-order chi connectivity index (χ1) is 15.3. The van der Waals surface area contributed by atoms with Crippen LogP contribution in [0.2, 0.25) is 0 Å². The van der Waals surface area contributed by atoms with E-state index in [2.05, 4.69) is 10.0 Å². The maximum Gasteiger partial charge on any atom is 0.188 e. The molecule has 4 rings (SSSR count). The highest BCUT2D eigenvalue weighted by Crippen LogP contribution is 2.49. The van der Waals surface area contributed by atoms with Crippen molar-refractivity contribution in [3.05, 3.63) is 77.2 Å². The standard InChI is InChI=1S/C24H21N3O4/c1-28-14-30-21-12-11-16-7-3-5-9-18(16)22(21)23-19-10-6-4-8-17(19)13-20(26-27-25)24(23)31-15-29-2/h3-13H,14-15H2,1-2H3. The van der Waals surface area contributed by atoms with Crippen molar-refractivity contribution in [1.29, 1.82) is 0 Å². The summed E-state index contributed by atoms with van der Waals surface area (Å²) in [5.74, 6) is 1.06. The Morgan fingerprint density at radius 3 is 2.13 bits per heavy atom. The third-order valence-electron chi connectivity index (χ3n) is 4.93. The molecule has 4 aromatic rings. The van der Waals surface area contributed by atoms with E-state index < -0.39 is 0 Å². The van der Waals surface area contributed by atoms with Gasteiger partial charge in [-0.05, 0) is 39.2 Å². The molecule has 0 aromatic heterocycles. The quantitative estimate of drug-likeness (QED) is 0.141. The van der Waals surface area contributed by atoms with Crippen molar-refractivity contribution in [2.45, 2.75) is 0 Å². The van der Waals surface area contributed by atoms with Gasteiger partial charge in [-0.15, -0.1) is 0 Å². The van der Waals surface area contributed by atoms with Crippen LogP contribution < -0.4 is 9.47 Å². The van der Waals surface area contributed by atoms with E-state index in [1.807, 2.05) is 66.7 Å². The van der Waals surface area contributed by atoms with Crippen LogP contribution in [0.5, 0.6) is 11.5 Å². The van der Waals surface area contributed by atoms with Crippen LogP contribution in [0.3, 0.4) is 0 Å². The summed E-state index contributed by atoms with van der Waals surface area (Å²) in [5, 5.41) is 7.76. The van der Waals surface area contributed by atoms with Gasteiger partial charge in [0.05, 0.1) is 5.69 Å². The molecule has 0 saturated heterocycles. The zero-order valence-electron chi connectivity index (χ0n) is 17.2. The molecule has 0 fully saturated rings. The van der Waals surface area contributed by atoms with Gasteiger partial charge in [-0.3, -0.25) is 0 Å². The van der Waals surface area contributed by atoms with Crippen LogP contribution in [0.1, 0.15) is 0 Å². The summed E-state index contributed by atoms with van der Waals surface area (Å²) < 4.78 is 22.2. The van der Waals surface area contributed by atoms with Crippen molar-refractivity contribution in [3.63, 3.8) is 0 Å². The minimum atomic E-state index is -0.00167. The number of hydrogen-bond acceptors (Lipinski definition) is 5. The lowest BCUT2D eigenvalue weighted by Gasteiger charge is -2.20. The van der Waals surface area contributed by atoms with E-state index in [1.165, 1.54) is 0 Å². The maximum absolute atomic E-state index is 9.18. The Labute approximate surface area is 179 Å². The van der Waals surface area contributed by atoms with Crippen molar-refractivity contribution < 1.29 is 18.9 Å². The fraction of sp³-hybridized carbons (Fsp3) is 0.167. The lowest BCUT2D eigenvalue weighted by Crippen LogP contribution is -2.04. The van der Waals surface area contributed by atoms with Crippen LogP contribution in [-0.4, -0.2) is 27.8 Å². The summed E-state index contributed by atoms with van der Waals surface area (Å²) in [6.07, 6.45) is 0. The van der Waals surface area contributed by atoms with Gasteiger partial charge in [-0.2, -0.15) is 0 Å². The van der Waals surface area contributed by atoms with Crippen LogP contribution >= 0.6 is 0 Å². The molecule has 0 aliphatic rings. The highest BCUT2D eigenvalue weighted by molar-refractivity contribution is 6.11. The van der Waals surface area contributed by atoms with E-state index in [0.29, 0.717) is 17.2 Å². The van der Waals surface area contributed by atoms with Gasteiger partial charge in [-0.1, -0.05) is 59.7 Å². The van der Waals surface area contributed by atoms with Gasteiger partial charge in [0.15, 0.2) is 13.6 Å². The summed E-state index contributed by atoms with van der Waals surface area (Å²) in [4.78, 5) is 3.00. The number of benzene rings is 4. The number of nitrogens with zero attached hydrogens (tertiary/aromatic N) is 3. The zero-order valence-corrected chi connectivity index (χ0v) is 17.2. The highest BCUT2D eigenvalue weighted by Gasteiger charge is 2.21. The second-order valence-corrected chi connectivity index (χ2v) is 6.77. The predicted octanol–water partition coefficient (Wildman–Crippen LogP) is 6.57. The van der Waals surface area contributed by atoms with Gasteiger partial charge in [0.1, 0.15) is 11.5 Å². The number of azide groups is 1. The third-order valence-corrected chi connectivity index (χ3v) is 4.93. The molecule has 0 amide bonds. The Bertz CT molecular complexity index is 1280. The molecule has 7 heteroatoms.